The smallest absolute Gasteiger partial charge is 0.268 e. The summed E-state index contributed by atoms with van der Waals surface area (Å²) in [5.74, 6) is 1.39. The van der Waals surface area contributed by atoms with Gasteiger partial charge in [0.25, 0.3) is 5.91 Å². The third kappa shape index (κ3) is 3.75. The number of carbonyl (C=O) groups is 2. The molecule has 1 saturated carbocycles. The van der Waals surface area contributed by atoms with Crippen LogP contribution in [0.1, 0.15) is 45.4 Å². The number of nitrogens with one attached hydrogen (secondary N) is 2. The highest BCUT2D eigenvalue weighted by Crippen LogP contribution is 2.35. The van der Waals surface area contributed by atoms with E-state index in [1.54, 1.807) is 18.1 Å². The molecule has 29 heavy (non-hydrogen) atoms. The number of methoxy groups -OCH3 is 1. The second-order valence-electron chi connectivity index (χ2n) is 7.88. The average molecular weight is 399 g/mol. The van der Waals surface area contributed by atoms with Crippen LogP contribution < -0.4 is 15.5 Å². The molecule has 0 spiro atoms. The molecular formula is C21H29N5O3. The fourth-order valence-electron chi connectivity index (χ4n) is 4.72. The summed E-state index contributed by atoms with van der Waals surface area (Å²) in [7, 11) is 1.59. The van der Waals surface area contributed by atoms with Crippen LogP contribution in [0.3, 0.4) is 0 Å². The van der Waals surface area contributed by atoms with Crippen LogP contribution >= 0.6 is 0 Å². The van der Waals surface area contributed by atoms with Gasteiger partial charge in [-0.3, -0.25) is 15.0 Å². The molecule has 0 bridgehead atoms. The number of fused-ring (bicyclic) bond motifs is 3. The molecule has 1 saturated heterocycles. The molecule has 2 aliphatic heterocycles. The Morgan fingerprint density at radius 1 is 1.31 bits per heavy atom. The molecule has 0 radical (unpaired) electrons. The second kappa shape index (κ2) is 8.31. The van der Waals surface area contributed by atoms with E-state index < -0.39 is 6.17 Å². The van der Waals surface area contributed by atoms with Crippen molar-refractivity contribution in [2.45, 2.75) is 63.7 Å². The zero-order valence-corrected chi connectivity index (χ0v) is 17.1. The molecule has 2 N–H and O–H groups in total. The number of piperazine rings is 1. The van der Waals surface area contributed by atoms with E-state index in [2.05, 4.69) is 27.7 Å². The van der Waals surface area contributed by atoms with E-state index in [1.165, 1.54) is 0 Å². The number of nitrogens with zero attached hydrogens (tertiary/aromatic N) is 3. The maximum Gasteiger partial charge on any atom is 0.268 e. The molecule has 8 heteroatoms. The third-order valence-corrected chi connectivity index (χ3v) is 6.00. The SMILES string of the molecule is CCCC1=NNC2C(=O)N(CC(=O)Nc3cccc(OC)c3)C3CCCCC3N12. The number of carbonyl (C=O) groups excluding carboxylic acids is 2. The van der Waals surface area contributed by atoms with Gasteiger partial charge in [-0.2, -0.15) is 5.10 Å². The highest BCUT2D eigenvalue weighted by Gasteiger charge is 2.50. The Labute approximate surface area is 171 Å². The first kappa shape index (κ1) is 19.5. The van der Waals surface area contributed by atoms with Gasteiger partial charge in [-0.1, -0.05) is 25.8 Å². The Morgan fingerprint density at radius 2 is 2.10 bits per heavy atom. The van der Waals surface area contributed by atoms with Crippen LogP contribution in [0.15, 0.2) is 29.4 Å². The van der Waals surface area contributed by atoms with Gasteiger partial charge in [0, 0.05) is 18.2 Å². The van der Waals surface area contributed by atoms with Crippen LogP contribution in [-0.2, 0) is 9.59 Å². The molecule has 4 rings (SSSR count). The molecule has 8 nitrogen and oxygen atoms in total. The van der Waals surface area contributed by atoms with E-state index in [0.717, 1.165) is 44.4 Å². The average Bonchev–Trinajstić information content (AvgIpc) is 3.15. The second-order valence-corrected chi connectivity index (χ2v) is 7.88. The summed E-state index contributed by atoms with van der Waals surface area (Å²) in [6.45, 7) is 2.17. The molecule has 0 aromatic heterocycles. The van der Waals surface area contributed by atoms with Crippen molar-refractivity contribution >= 4 is 23.3 Å². The predicted octanol–water partition coefficient (Wildman–Crippen LogP) is 2.13. The molecular weight excluding hydrogens is 370 g/mol. The number of amidine groups is 1. The van der Waals surface area contributed by atoms with Gasteiger partial charge in [-0.25, -0.2) is 0 Å². The fourth-order valence-corrected chi connectivity index (χ4v) is 4.72. The molecule has 2 amide bonds. The van der Waals surface area contributed by atoms with E-state index in [0.29, 0.717) is 11.4 Å². The van der Waals surface area contributed by atoms with Gasteiger partial charge in [0.1, 0.15) is 18.1 Å². The Bertz CT molecular complexity index is 811. The fraction of sp³-hybridized carbons (Fsp3) is 0.571. The molecule has 1 aromatic rings. The van der Waals surface area contributed by atoms with Crippen molar-refractivity contribution in [1.29, 1.82) is 0 Å². The summed E-state index contributed by atoms with van der Waals surface area (Å²) < 4.78 is 5.21. The zero-order valence-electron chi connectivity index (χ0n) is 17.1. The van der Waals surface area contributed by atoms with E-state index in [4.69, 9.17) is 4.74 Å². The van der Waals surface area contributed by atoms with Crippen LogP contribution in [0, 0.1) is 0 Å². The summed E-state index contributed by atoms with van der Waals surface area (Å²) in [6.07, 6.45) is 5.52. The Hall–Kier alpha value is -2.77. The van der Waals surface area contributed by atoms with E-state index in [1.807, 2.05) is 18.2 Å². The predicted molar refractivity (Wildman–Crippen MR) is 110 cm³/mol. The normalized spacial score (nSPS) is 25.7. The van der Waals surface area contributed by atoms with Gasteiger partial charge < -0.3 is 19.9 Å². The van der Waals surface area contributed by atoms with Gasteiger partial charge in [0.2, 0.25) is 5.91 Å². The van der Waals surface area contributed by atoms with Crippen molar-refractivity contribution in [2.24, 2.45) is 5.10 Å². The number of hydrogen-bond donors (Lipinski definition) is 2. The standard InChI is InChI=1S/C21H29N5O3/c1-3-7-18-23-24-20-21(28)25(16-10-4-5-11-17(16)26(18)20)13-19(27)22-14-8-6-9-15(12-14)29-2/h6,8-9,12,16-17,20,24H,3-5,7,10-11,13H2,1-2H3,(H,22,27). The lowest BCUT2D eigenvalue weighted by atomic mass is 9.85. The van der Waals surface area contributed by atoms with Gasteiger partial charge in [-0.15, -0.1) is 0 Å². The van der Waals surface area contributed by atoms with Crippen LogP contribution in [-0.4, -0.2) is 59.4 Å². The van der Waals surface area contributed by atoms with Crippen LogP contribution in [0.25, 0.3) is 0 Å². The van der Waals surface area contributed by atoms with Crippen molar-refractivity contribution in [3.05, 3.63) is 24.3 Å². The topological polar surface area (TPSA) is 86.3 Å². The lowest BCUT2D eigenvalue weighted by Crippen LogP contribution is -2.69. The third-order valence-electron chi connectivity index (χ3n) is 6.00. The van der Waals surface area contributed by atoms with Crippen molar-refractivity contribution in [1.82, 2.24) is 15.2 Å². The Balaban J connectivity index is 1.50. The summed E-state index contributed by atoms with van der Waals surface area (Å²) in [6, 6.07) is 7.49. The Kier molecular flexibility index (Phi) is 5.60. The lowest BCUT2D eigenvalue weighted by molar-refractivity contribution is -0.151. The minimum Gasteiger partial charge on any atom is -0.497 e. The first-order chi connectivity index (χ1) is 14.1. The highest BCUT2D eigenvalue weighted by molar-refractivity contribution is 5.98. The number of benzene rings is 1. The minimum atomic E-state index is -0.486. The quantitative estimate of drug-likeness (QED) is 0.765. The van der Waals surface area contributed by atoms with Gasteiger partial charge >= 0.3 is 0 Å². The largest absolute Gasteiger partial charge is 0.497 e. The molecule has 2 fully saturated rings. The number of hydrogen-bond acceptors (Lipinski definition) is 6. The number of ether oxygens (including phenoxy) is 1. The van der Waals surface area contributed by atoms with Crippen molar-refractivity contribution < 1.29 is 14.3 Å². The first-order valence-corrected chi connectivity index (χ1v) is 10.5. The summed E-state index contributed by atoms with van der Waals surface area (Å²) in [4.78, 5) is 29.9. The lowest BCUT2D eigenvalue weighted by Gasteiger charge is -2.51. The number of rotatable bonds is 6. The monoisotopic (exact) mass is 399 g/mol. The number of hydrazone groups is 1. The maximum absolute atomic E-state index is 13.2. The van der Waals surface area contributed by atoms with Crippen LogP contribution in [0.5, 0.6) is 5.75 Å². The molecule has 1 aromatic carbocycles. The van der Waals surface area contributed by atoms with Crippen LogP contribution in [0.2, 0.25) is 0 Å². The van der Waals surface area contributed by atoms with E-state index in [-0.39, 0.29) is 30.4 Å². The van der Waals surface area contributed by atoms with Crippen molar-refractivity contribution in [2.75, 3.05) is 19.0 Å². The number of amides is 2. The Morgan fingerprint density at radius 3 is 2.86 bits per heavy atom. The van der Waals surface area contributed by atoms with E-state index in [9.17, 15) is 9.59 Å². The molecule has 2 heterocycles. The summed E-state index contributed by atoms with van der Waals surface area (Å²) in [5, 5.41) is 7.34. The molecule has 3 atom stereocenters. The first-order valence-electron chi connectivity index (χ1n) is 10.5. The summed E-state index contributed by atoms with van der Waals surface area (Å²) >= 11 is 0. The molecule has 3 aliphatic rings. The number of anilines is 1. The zero-order chi connectivity index (χ0) is 20.4. The maximum atomic E-state index is 13.2. The molecule has 3 unspecified atom stereocenters. The van der Waals surface area contributed by atoms with Gasteiger partial charge in [0.15, 0.2) is 6.17 Å². The molecule has 156 valence electrons. The highest BCUT2D eigenvalue weighted by atomic mass is 16.5. The van der Waals surface area contributed by atoms with Gasteiger partial charge in [-0.05, 0) is 31.4 Å². The van der Waals surface area contributed by atoms with E-state index >= 15 is 0 Å². The summed E-state index contributed by atoms with van der Waals surface area (Å²) in [5.41, 5.74) is 3.68. The molecule has 1 aliphatic carbocycles. The van der Waals surface area contributed by atoms with Crippen LogP contribution in [0.4, 0.5) is 5.69 Å². The van der Waals surface area contributed by atoms with Crippen molar-refractivity contribution in [3.63, 3.8) is 0 Å². The minimum absolute atomic E-state index is 0.0468. The van der Waals surface area contributed by atoms with Gasteiger partial charge in [0.05, 0.1) is 19.2 Å². The van der Waals surface area contributed by atoms with Crippen molar-refractivity contribution in [3.8, 4) is 5.75 Å².